The van der Waals surface area contributed by atoms with Crippen molar-refractivity contribution in [2.45, 2.75) is 19.4 Å². The molecule has 0 radical (unpaired) electrons. The molecule has 0 spiro atoms. The molecule has 2 heterocycles. The van der Waals surface area contributed by atoms with Crippen LogP contribution in [-0.2, 0) is 9.84 Å². The van der Waals surface area contributed by atoms with Crippen molar-refractivity contribution in [3.8, 4) is 0 Å². The Hall–Kier alpha value is -2.19. The molecule has 0 saturated carbocycles. The first-order valence-corrected chi connectivity index (χ1v) is 10.4. The minimum Gasteiger partial charge on any atom is -0.352 e. The number of rotatable bonds is 5. The lowest BCUT2D eigenvalue weighted by atomic mass is 10.2. The molecule has 1 aliphatic rings. The van der Waals surface area contributed by atoms with Crippen molar-refractivity contribution < 1.29 is 13.2 Å². The standard InChI is InChI=1S/C17H19ClN4O3S/c1-2-22(14-6-7-26(24,25)11-14)16-10-19-15(9-20-16)17(23)21-13-5-3-4-12(18)8-13/h3-5,8-10,14H,2,6-7,11H2,1H3,(H,21,23). The number of anilines is 2. The van der Waals surface area contributed by atoms with E-state index in [0.717, 1.165) is 0 Å². The van der Waals surface area contributed by atoms with E-state index in [1.54, 1.807) is 24.3 Å². The van der Waals surface area contributed by atoms with Gasteiger partial charge in [0.1, 0.15) is 11.5 Å². The number of nitrogens with zero attached hydrogens (tertiary/aromatic N) is 3. The summed E-state index contributed by atoms with van der Waals surface area (Å²) in [6, 6.07) is 6.71. The molecule has 138 valence electrons. The fourth-order valence-electron chi connectivity index (χ4n) is 2.98. The quantitative estimate of drug-likeness (QED) is 0.837. The summed E-state index contributed by atoms with van der Waals surface area (Å²) in [5, 5.41) is 3.23. The van der Waals surface area contributed by atoms with Crippen LogP contribution in [0.5, 0.6) is 0 Å². The van der Waals surface area contributed by atoms with Crippen molar-refractivity contribution >= 4 is 38.9 Å². The summed E-state index contributed by atoms with van der Waals surface area (Å²) in [6.07, 6.45) is 3.47. The summed E-state index contributed by atoms with van der Waals surface area (Å²) in [7, 11) is -2.98. The second-order valence-electron chi connectivity index (χ2n) is 6.07. The third-order valence-electron chi connectivity index (χ3n) is 4.24. The van der Waals surface area contributed by atoms with Crippen molar-refractivity contribution in [2.24, 2.45) is 0 Å². The van der Waals surface area contributed by atoms with Crippen molar-refractivity contribution in [3.05, 3.63) is 47.4 Å². The minimum absolute atomic E-state index is 0.106. The fraction of sp³-hybridized carbons (Fsp3) is 0.353. The average Bonchev–Trinajstić information content (AvgIpc) is 2.96. The minimum atomic E-state index is -2.98. The van der Waals surface area contributed by atoms with Gasteiger partial charge in [-0.15, -0.1) is 0 Å². The molecule has 26 heavy (non-hydrogen) atoms. The van der Waals surface area contributed by atoms with E-state index in [-0.39, 0.29) is 23.2 Å². The lowest BCUT2D eigenvalue weighted by Gasteiger charge is -2.27. The van der Waals surface area contributed by atoms with E-state index >= 15 is 0 Å². The molecule has 1 fully saturated rings. The van der Waals surface area contributed by atoms with Gasteiger partial charge in [-0.1, -0.05) is 17.7 Å². The Bertz CT molecular complexity index is 902. The van der Waals surface area contributed by atoms with Crippen LogP contribution in [0.3, 0.4) is 0 Å². The molecule has 1 aromatic heterocycles. The van der Waals surface area contributed by atoms with Crippen LogP contribution in [0.2, 0.25) is 5.02 Å². The summed E-state index contributed by atoms with van der Waals surface area (Å²) < 4.78 is 23.4. The van der Waals surface area contributed by atoms with Crippen LogP contribution in [0.25, 0.3) is 0 Å². The first-order valence-electron chi connectivity index (χ1n) is 8.24. The number of nitrogens with one attached hydrogen (secondary N) is 1. The second-order valence-corrected chi connectivity index (χ2v) is 8.73. The highest BCUT2D eigenvalue weighted by Gasteiger charge is 2.32. The van der Waals surface area contributed by atoms with Crippen LogP contribution in [0.1, 0.15) is 23.8 Å². The monoisotopic (exact) mass is 394 g/mol. The molecule has 1 aliphatic heterocycles. The van der Waals surface area contributed by atoms with E-state index in [1.807, 2.05) is 11.8 Å². The highest BCUT2D eigenvalue weighted by molar-refractivity contribution is 7.91. The molecule has 1 amide bonds. The number of sulfone groups is 1. The van der Waals surface area contributed by atoms with Crippen LogP contribution < -0.4 is 10.2 Å². The molecule has 0 bridgehead atoms. The number of carbonyl (C=O) groups is 1. The van der Waals surface area contributed by atoms with Gasteiger partial charge >= 0.3 is 0 Å². The Kier molecular flexibility index (Phi) is 5.43. The van der Waals surface area contributed by atoms with Gasteiger partial charge in [0, 0.05) is 23.3 Å². The third-order valence-corrected chi connectivity index (χ3v) is 6.22. The Morgan fingerprint density at radius 3 is 2.73 bits per heavy atom. The fourth-order valence-corrected chi connectivity index (χ4v) is 4.90. The molecule has 1 saturated heterocycles. The normalized spacial score (nSPS) is 18.5. The molecule has 7 nitrogen and oxygen atoms in total. The maximum Gasteiger partial charge on any atom is 0.275 e. The van der Waals surface area contributed by atoms with Gasteiger partial charge in [0.25, 0.3) is 5.91 Å². The third kappa shape index (κ3) is 4.31. The van der Waals surface area contributed by atoms with E-state index in [4.69, 9.17) is 11.6 Å². The first-order chi connectivity index (χ1) is 12.4. The number of halogens is 1. The van der Waals surface area contributed by atoms with Crippen LogP contribution in [-0.4, -0.2) is 48.4 Å². The van der Waals surface area contributed by atoms with Gasteiger partial charge < -0.3 is 10.2 Å². The molecule has 1 aromatic carbocycles. The molecule has 1 atom stereocenters. The SMILES string of the molecule is CCN(c1cnc(C(=O)Nc2cccc(Cl)c2)cn1)C1CCS(=O)(=O)C1. The van der Waals surface area contributed by atoms with Crippen molar-refractivity contribution in [1.82, 2.24) is 9.97 Å². The van der Waals surface area contributed by atoms with Crippen molar-refractivity contribution in [1.29, 1.82) is 0 Å². The summed E-state index contributed by atoms with van der Waals surface area (Å²) in [6.45, 7) is 2.55. The number of hydrogen-bond acceptors (Lipinski definition) is 6. The van der Waals surface area contributed by atoms with Gasteiger partial charge in [0.2, 0.25) is 0 Å². The predicted octanol–water partition coefficient (Wildman–Crippen LogP) is 2.40. The van der Waals surface area contributed by atoms with E-state index in [0.29, 0.717) is 29.5 Å². The van der Waals surface area contributed by atoms with E-state index < -0.39 is 15.7 Å². The molecule has 2 aromatic rings. The number of carbonyl (C=O) groups excluding carboxylic acids is 1. The highest BCUT2D eigenvalue weighted by Crippen LogP contribution is 2.22. The summed E-state index contributed by atoms with van der Waals surface area (Å²) in [4.78, 5) is 22.7. The maximum atomic E-state index is 12.3. The topological polar surface area (TPSA) is 92.3 Å². The van der Waals surface area contributed by atoms with Crippen LogP contribution in [0, 0.1) is 0 Å². The van der Waals surface area contributed by atoms with Crippen LogP contribution in [0.4, 0.5) is 11.5 Å². The van der Waals surface area contributed by atoms with Crippen LogP contribution in [0.15, 0.2) is 36.7 Å². The summed E-state index contributed by atoms with van der Waals surface area (Å²) in [5.74, 6) is 0.494. The number of aromatic nitrogens is 2. The average molecular weight is 395 g/mol. The van der Waals surface area contributed by atoms with Crippen molar-refractivity contribution in [2.75, 3.05) is 28.3 Å². The Morgan fingerprint density at radius 2 is 2.15 bits per heavy atom. The van der Waals surface area contributed by atoms with Gasteiger partial charge in [-0.05, 0) is 31.5 Å². The number of hydrogen-bond donors (Lipinski definition) is 1. The first kappa shape index (κ1) is 18.6. The van der Waals surface area contributed by atoms with Gasteiger partial charge in [0.05, 0.1) is 23.9 Å². The predicted molar refractivity (Wildman–Crippen MR) is 102 cm³/mol. The van der Waals surface area contributed by atoms with Gasteiger partial charge in [-0.25, -0.2) is 18.4 Å². The Labute approximate surface area is 157 Å². The molecule has 9 heteroatoms. The van der Waals surface area contributed by atoms with Gasteiger partial charge in [-0.2, -0.15) is 0 Å². The Balaban J connectivity index is 1.72. The van der Waals surface area contributed by atoms with E-state index in [2.05, 4.69) is 15.3 Å². The summed E-state index contributed by atoms with van der Waals surface area (Å²) in [5.41, 5.74) is 0.739. The van der Waals surface area contributed by atoms with Crippen LogP contribution >= 0.6 is 11.6 Å². The van der Waals surface area contributed by atoms with Gasteiger partial charge in [0.15, 0.2) is 9.84 Å². The zero-order valence-electron chi connectivity index (χ0n) is 14.2. The molecule has 1 unspecified atom stereocenters. The van der Waals surface area contributed by atoms with E-state index in [9.17, 15) is 13.2 Å². The molecular weight excluding hydrogens is 376 g/mol. The zero-order valence-corrected chi connectivity index (χ0v) is 15.8. The van der Waals surface area contributed by atoms with E-state index in [1.165, 1.54) is 12.4 Å². The number of benzene rings is 1. The second kappa shape index (κ2) is 7.59. The molecular formula is C17H19ClN4O3S. The lowest BCUT2D eigenvalue weighted by molar-refractivity contribution is 0.102. The van der Waals surface area contributed by atoms with Crippen molar-refractivity contribution in [3.63, 3.8) is 0 Å². The smallest absolute Gasteiger partial charge is 0.275 e. The molecule has 3 rings (SSSR count). The maximum absolute atomic E-state index is 12.3. The molecule has 0 aliphatic carbocycles. The lowest BCUT2D eigenvalue weighted by Crippen LogP contribution is -2.36. The van der Waals surface area contributed by atoms with Gasteiger partial charge in [-0.3, -0.25) is 4.79 Å². The molecule has 1 N–H and O–H groups in total. The zero-order chi connectivity index (χ0) is 18.7. The number of amides is 1. The summed E-state index contributed by atoms with van der Waals surface area (Å²) >= 11 is 5.90. The Morgan fingerprint density at radius 1 is 1.35 bits per heavy atom. The largest absolute Gasteiger partial charge is 0.352 e. The highest BCUT2D eigenvalue weighted by atomic mass is 35.5.